The topological polar surface area (TPSA) is 50.2 Å². The van der Waals surface area contributed by atoms with Crippen LogP contribution in [0, 0.1) is 0 Å². The first-order valence-corrected chi connectivity index (χ1v) is 4.63. The van der Waals surface area contributed by atoms with Crippen LogP contribution in [-0.2, 0) is 11.2 Å². The van der Waals surface area contributed by atoms with Crippen LogP contribution < -0.4 is 0 Å². The molecule has 1 aliphatic rings. The number of carboxylic acid groups (broad SMARTS) is 1. The quantitative estimate of drug-likeness (QED) is 0.804. The minimum Gasteiger partial charge on any atom is -0.481 e. The largest absolute Gasteiger partial charge is 0.481 e. The average molecular weight is 207 g/mol. The van der Waals surface area contributed by atoms with E-state index in [4.69, 9.17) is 5.11 Å². The molecular formula is C11H10FNO2. The third kappa shape index (κ3) is 2.03. The summed E-state index contributed by atoms with van der Waals surface area (Å²) in [5, 5.41) is 8.59. The van der Waals surface area contributed by atoms with Crippen molar-refractivity contribution >= 4 is 12.0 Å². The lowest BCUT2D eigenvalue weighted by atomic mass is 9.87. The lowest BCUT2D eigenvalue weighted by Gasteiger charge is -2.23. The molecule has 15 heavy (non-hydrogen) atoms. The number of rotatable bonds is 2. The molecule has 78 valence electrons. The van der Waals surface area contributed by atoms with Gasteiger partial charge >= 0.3 is 5.97 Å². The van der Waals surface area contributed by atoms with E-state index in [0.29, 0.717) is 0 Å². The second-order valence-electron chi connectivity index (χ2n) is 3.66. The highest BCUT2D eigenvalue weighted by Crippen LogP contribution is 2.30. The van der Waals surface area contributed by atoms with Gasteiger partial charge in [0.15, 0.2) is 0 Å². The van der Waals surface area contributed by atoms with Crippen LogP contribution in [0.4, 0.5) is 4.39 Å². The summed E-state index contributed by atoms with van der Waals surface area (Å²) in [4.78, 5) is 14.6. The standard InChI is InChI=1S/C11H10FNO2/c12-11(7-10(14)15)4-3-9-8(6-11)2-1-5-13-9/h1-5H,6-7H2,(H,14,15). The van der Waals surface area contributed by atoms with Gasteiger partial charge in [-0.2, -0.15) is 0 Å². The predicted molar refractivity (Wildman–Crippen MR) is 53.1 cm³/mol. The molecule has 1 aliphatic carbocycles. The van der Waals surface area contributed by atoms with E-state index in [2.05, 4.69) is 4.98 Å². The van der Waals surface area contributed by atoms with Crippen molar-refractivity contribution in [3.8, 4) is 0 Å². The zero-order chi connectivity index (χ0) is 10.9. The Morgan fingerprint density at radius 2 is 2.47 bits per heavy atom. The molecule has 1 atom stereocenters. The van der Waals surface area contributed by atoms with E-state index < -0.39 is 18.1 Å². The van der Waals surface area contributed by atoms with Gasteiger partial charge in [-0.3, -0.25) is 9.78 Å². The lowest BCUT2D eigenvalue weighted by molar-refractivity contribution is -0.139. The van der Waals surface area contributed by atoms with Crippen molar-refractivity contribution in [1.29, 1.82) is 0 Å². The Morgan fingerprint density at radius 3 is 3.20 bits per heavy atom. The zero-order valence-electron chi connectivity index (χ0n) is 7.98. The minimum atomic E-state index is -1.78. The Labute approximate surface area is 86.3 Å². The fraction of sp³-hybridized carbons (Fsp3) is 0.273. The van der Waals surface area contributed by atoms with Gasteiger partial charge in [-0.1, -0.05) is 6.07 Å². The number of hydrogen-bond donors (Lipinski definition) is 1. The first-order valence-electron chi connectivity index (χ1n) is 4.63. The van der Waals surface area contributed by atoms with Gasteiger partial charge in [-0.05, 0) is 23.8 Å². The third-order valence-corrected chi connectivity index (χ3v) is 2.40. The second kappa shape index (κ2) is 3.46. The smallest absolute Gasteiger partial charge is 0.306 e. The van der Waals surface area contributed by atoms with Crippen LogP contribution in [-0.4, -0.2) is 21.7 Å². The van der Waals surface area contributed by atoms with Gasteiger partial charge in [0.1, 0.15) is 5.67 Å². The van der Waals surface area contributed by atoms with E-state index in [1.165, 1.54) is 6.08 Å². The number of carboxylic acids is 1. The molecule has 0 aliphatic heterocycles. The average Bonchev–Trinajstić information content (AvgIpc) is 2.15. The maximum absolute atomic E-state index is 14.0. The third-order valence-electron chi connectivity index (χ3n) is 2.40. The first-order chi connectivity index (χ1) is 7.09. The number of hydrogen-bond acceptors (Lipinski definition) is 2. The number of aromatic nitrogens is 1. The molecule has 2 rings (SSSR count). The highest BCUT2D eigenvalue weighted by molar-refractivity contribution is 5.70. The summed E-state index contributed by atoms with van der Waals surface area (Å²) in [6.07, 6.45) is 4.04. The number of fused-ring (bicyclic) bond motifs is 1. The molecule has 0 aromatic carbocycles. The van der Waals surface area contributed by atoms with Gasteiger partial charge in [-0.25, -0.2) is 4.39 Å². The van der Waals surface area contributed by atoms with Crippen molar-refractivity contribution in [1.82, 2.24) is 4.98 Å². The molecule has 1 aromatic rings. The molecular weight excluding hydrogens is 197 g/mol. The van der Waals surface area contributed by atoms with Crippen molar-refractivity contribution in [2.75, 3.05) is 0 Å². The summed E-state index contributed by atoms with van der Waals surface area (Å²) < 4.78 is 14.0. The maximum atomic E-state index is 14.0. The van der Waals surface area contributed by atoms with Gasteiger partial charge in [0.2, 0.25) is 0 Å². The van der Waals surface area contributed by atoms with E-state index in [1.807, 2.05) is 0 Å². The number of halogens is 1. The van der Waals surface area contributed by atoms with Gasteiger partial charge < -0.3 is 5.11 Å². The number of pyridine rings is 1. The Balaban J connectivity index is 2.28. The van der Waals surface area contributed by atoms with E-state index in [1.54, 1.807) is 24.4 Å². The normalized spacial score (nSPS) is 23.5. The Morgan fingerprint density at radius 1 is 1.67 bits per heavy atom. The molecule has 0 saturated carbocycles. The predicted octanol–water partition coefficient (Wildman–Crippen LogP) is 1.83. The molecule has 0 amide bonds. The number of carbonyl (C=O) groups is 1. The van der Waals surface area contributed by atoms with Crippen LogP contribution in [0.5, 0.6) is 0 Å². The van der Waals surface area contributed by atoms with Crippen molar-refractivity contribution < 1.29 is 14.3 Å². The highest BCUT2D eigenvalue weighted by Gasteiger charge is 2.33. The van der Waals surface area contributed by atoms with E-state index in [-0.39, 0.29) is 6.42 Å². The van der Waals surface area contributed by atoms with Gasteiger partial charge in [0.25, 0.3) is 0 Å². The fourth-order valence-corrected chi connectivity index (χ4v) is 1.73. The van der Waals surface area contributed by atoms with Crippen LogP contribution >= 0.6 is 0 Å². The highest BCUT2D eigenvalue weighted by atomic mass is 19.1. The lowest BCUT2D eigenvalue weighted by Crippen LogP contribution is -2.29. The fourth-order valence-electron chi connectivity index (χ4n) is 1.73. The van der Waals surface area contributed by atoms with Crippen LogP contribution in [0.3, 0.4) is 0 Å². The Kier molecular flexibility index (Phi) is 2.26. The molecule has 0 saturated heterocycles. The molecule has 1 heterocycles. The zero-order valence-corrected chi connectivity index (χ0v) is 7.98. The molecule has 0 radical (unpaired) electrons. The van der Waals surface area contributed by atoms with Gasteiger partial charge in [0, 0.05) is 12.6 Å². The molecule has 1 N–H and O–H groups in total. The second-order valence-corrected chi connectivity index (χ2v) is 3.66. The summed E-state index contributed by atoms with van der Waals surface area (Å²) >= 11 is 0. The van der Waals surface area contributed by atoms with Crippen LogP contribution in [0.15, 0.2) is 24.4 Å². The summed E-state index contributed by atoms with van der Waals surface area (Å²) in [6, 6.07) is 3.49. The maximum Gasteiger partial charge on any atom is 0.306 e. The minimum absolute atomic E-state index is 0.0823. The van der Waals surface area contributed by atoms with Crippen molar-refractivity contribution in [3.63, 3.8) is 0 Å². The SMILES string of the molecule is O=C(O)CC1(F)C=Cc2ncccc2C1. The van der Waals surface area contributed by atoms with Gasteiger partial charge in [0.05, 0.1) is 12.1 Å². The molecule has 3 nitrogen and oxygen atoms in total. The van der Waals surface area contributed by atoms with E-state index in [0.717, 1.165) is 11.3 Å². The summed E-state index contributed by atoms with van der Waals surface area (Å²) in [5.41, 5.74) is -0.304. The number of aliphatic carboxylic acids is 1. The number of allylic oxidation sites excluding steroid dienone is 1. The summed E-state index contributed by atoms with van der Waals surface area (Å²) in [7, 11) is 0. The van der Waals surface area contributed by atoms with Crippen LogP contribution in [0.25, 0.3) is 6.08 Å². The van der Waals surface area contributed by atoms with Crippen LogP contribution in [0.1, 0.15) is 17.7 Å². The number of alkyl halides is 1. The van der Waals surface area contributed by atoms with Gasteiger partial charge in [-0.15, -0.1) is 0 Å². The molecule has 4 heteroatoms. The summed E-state index contributed by atoms with van der Waals surface area (Å²) in [5.74, 6) is -1.13. The Bertz CT molecular complexity index is 430. The Hall–Kier alpha value is -1.71. The molecule has 0 fully saturated rings. The van der Waals surface area contributed by atoms with E-state index in [9.17, 15) is 9.18 Å². The van der Waals surface area contributed by atoms with Crippen molar-refractivity contribution in [2.24, 2.45) is 0 Å². The molecule has 0 spiro atoms. The van der Waals surface area contributed by atoms with E-state index >= 15 is 0 Å². The van der Waals surface area contributed by atoms with Crippen LogP contribution in [0.2, 0.25) is 0 Å². The summed E-state index contributed by atoms with van der Waals surface area (Å²) in [6.45, 7) is 0. The van der Waals surface area contributed by atoms with Crippen molar-refractivity contribution in [3.05, 3.63) is 35.7 Å². The first kappa shape index (κ1) is 9.83. The molecule has 0 bridgehead atoms. The van der Waals surface area contributed by atoms with Crippen molar-refractivity contribution in [2.45, 2.75) is 18.5 Å². The molecule has 1 unspecified atom stereocenters. The monoisotopic (exact) mass is 207 g/mol. The molecule has 1 aromatic heterocycles. The number of nitrogens with zero attached hydrogens (tertiary/aromatic N) is 1.